The molecule has 0 spiro atoms. The Balaban J connectivity index is 2.32. The van der Waals surface area contributed by atoms with Crippen molar-refractivity contribution in [1.29, 1.82) is 5.26 Å². The van der Waals surface area contributed by atoms with Crippen LogP contribution in [0.4, 0.5) is 0 Å². The van der Waals surface area contributed by atoms with Crippen molar-refractivity contribution in [2.24, 2.45) is 0 Å². The molecule has 0 aromatic heterocycles. The van der Waals surface area contributed by atoms with E-state index in [1.165, 1.54) is 16.4 Å². The van der Waals surface area contributed by atoms with E-state index in [1.54, 1.807) is 18.2 Å². The van der Waals surface area contributed by atoms with Crippen molar-refractivity contribution in [1.82, 2.24) is 4.31 Å². The molecule has 5 heteroatoms. The smallest absolute Gasteiger partial charge is 0.207 e. The van der Waals surface area contributed by atoms with Gasteiger partial charge in [0.25, 0.3) is 0 Å². The zero-order valence-corrected chi connectivity index (χ0v) is 11.6. The first kappa shape index (κ1) is 14.3. The Hall–Kier alpha value is -2.16. The molecule has 2 aromatic carbocycles. The highest BCUT2D eigenvalue weighted by Gasteiger charge is 2.24. The van der Waals surface area contributed by atoms with Crippen LogP contribution in [0.15, 0.2) is 65.6 Å². The molecule has 2 rings (SSSR count). The van der Waals surface area contributed by atoms with Crippen LogP contribution >= 0.6 is 0 Å². The normalized spacial score (nSPS) is 11.2. The van der Waals surface area contributed by atoms with Gasteiger partial charge in [-0.2, -0.15) is 9.57 Å². The predicted molar refractivity (Wildman–Crippen MR) is 76.1 cm³/mol. The molecule has 0 N–H and O–H groups in total. The predicted octanol–water partition coefficient (Wildman–Crippen LogP) is 2.40. The molecule has 0 amide bonds. The molecule has 4 nitrogen and oxygen atoms in total. The Kier molecular flexibility index (Phi) is 4.51. The monoisotopic (exact) mass is 286 g/mol. The fourth-order valence-corrected chi connectivity index (χ4v) is 3.18. The SMILES string of the molecule is N#CCN(Cc1ccccc1)S(=O)(=O)c1ccccc1. The molecule has 0 saturated carbocycles. The van der Waals surface area contributed by atoms with Crippen molar-refractivity contribution in [3.63, 3.8) is 0 Å². The summed E-state index contributed by atoms with van der Waals surface area (Å²) in [4.78, 5) is 0.200. The molecule has 0 aliphatic heterocycles. The van der Waals surface area contributed by atoms with E-state index in [0.717, 1.165) is 5.56 Å². The molecule has 0 heterocycles. The topological polar surface area (TPSA) is 61.2 Å². The molecule has 0 atom stereocenters. The first-order valence-electron chi connectivity index (χ1n) is 6.10. The minimum Gasteiger partial charge on any atom is -0.207 e. The van der Waals surface area contributed by atoms with Crippen LogP contribution < -0.4 is 0 Å². The first-order chi connectivity index (χ1) is 9.64. The number of sulfonamides is 1. The van der Waals surface area contributed by atoms with Crippen molar-refractivity contribution in [3.8, 4) is 6.07 Å². The Bertz CT molecular complexity index is 692. The Morgan fingerprint density at radius 2 is 1.50 bits per heavy atom. The Morgan fingerprint density at radius 3 is 2.05 bits per heavy atom. The molecule has 0 saturated heterocycles. The molecule has 20 heavy (non-hydrogen) atoms. The molecule has 0 fully saturated rings. The summed E-state index contributed by atoms with van der Waals surface area (Å²) in [5, 5.41) is 8.87. The molecule has 0 aliphatic carbocycles. The maximum atomic E-state index is 12.5. The van der Waals surface area contributed by atoms with E-state index in [4.69, 9.17) is 5.26 Å². The molecule has 0 radical (unpaired) electrons. The van der Waals surface area contributed by atoms with Gasteiger partial charge in [-0.25, -0.2) is 8.42 Å². The van der Waals surface area contributed by atoms with Crippen LogP contribution in [0.25, 0.3) is 0 Å². The second-order valence-corrected chi connectivity index (χ2v) is 6.17. The lowest BCUT2D eigenvalue weighted by molar-refractivity contribution is 0.441. The van der Waals surface area contributed by atoms with E-state index in [9.17, 15) is 8.42 Å². The molecule has 0 unspecified atom stereocenters. The van der Waals surface area contributed by atoms with Gasteiger partial charge in [0.15, 0.2) is 0 Å². The third-order valence-electron chi connectivity index (χ3n) is 2.83. The van der Waals surface area contributed by atoms with Gasteiger partial charge >= 0.3 is 0 Å². The van der Waals surface area contributed by atoms with Crippen molar-refractivity contribution >= 4 is 10.0 Å². The first-order valence-corrected chi connectivity index (χ1v) is 7.54. The van der Waals surface area contributed by atoms with Crippen LogP contribution in [0.1, 0.15) is 5.56 Å². The summed E-state index contributed by atoms with van der Waals surface area (Å²) >= 11 is 0. The van der Waals surface area contributed by atoms with Gasteiger partial charge in [0.05, 0.1) is 11.0 Å². The van der Waals surface area contributed by atoms with Gasteiger partial charge in [-0.15, -0.1) is 0 Å². The molecule has 102 valence electrons. The average molecular weight is 286 g/mol. The summed E-state index contributed by atoms with van der Waals surface area (Å²) in [7, 11) is -3.65. The Morgan fingerprint density at radius 1 is 0.950 bits per heavy atom. The van der Waals surface area contributed by atoms with E-state index in [0.29, 0.717) is 0 Å². The second kappa shape index (κ2) is 6.33. The van der Waals surface area contributed by atoms with Gasteiger partial charge in [-0.3, -0.25) is 0 Å². The third-order valence-corrected chi connectivity index (χ3v) is 4.64. The second-order valence-electron chi connectivity index (χ2n) is 4.23. The lowest BCUT2D eigenvalue weighted by Crippen LogP contribution is -2.31. The maximum Gasteiger partial charge on any atom is 0.244 e. The van der Waals surface area contributed by atoms with Crippen molar-refractivity contribution < 1.29 is 8.42 Å². The van der Waals surface area contributed by atoms with Gasteiger partial charge in [0, 0.05) is 6.54 Å². The van der Waals surface area contributed by atoms with Gasteiger partial charge < -0.3 is 0 Å². The summed E-state index contributed by atoms with van der Waals surface area (Å²) in [5.74, 6) is 0. The van der Waals surface area contributed by atoms with Crippen LogP contribution in [-0.2, 0) is 16.6 Å². The van der Waals surface area contributed by atoms with Crippen LogP contribution in [0.3, 0.4) is 0 Å². The van der Waals surface area contributed by atoms with Crippen LogP contribution in [-0.4, -0.2) is 19.3 Å². The number of rotatable bonds is 5. The zero-order chi connectivity index (χ0) is 14.4. The summed E-state index contributed by atoms with van der Waals surface area (Å²) in [5.41, 5.74) is 0.849. The minimum absolute atomic E-state index is 0.174. The lowest BCUT2D eigenvalue weighted by Gasteiger charge is -2.19. The number of benzene rings is 2. The van der Waals surface area contributed by atoms with Gasteiger partial charge in [-0.05, 0) is 17.7 Å². The molecule has 2 aromatic rings. The summed E-state index contributed by atoms with van der Waals surface area (Å²) in [6.07, 6.45) is 0. The standard InChI is InChI=1S/C15H14N2O2S/c16-11-12-17(13-14-7-3-1-4-8-14)20(18,19)15-9-5-2-6-10-15/h1-10H,12-13H2. The van der Waals surface area contributed by atoms with Crippen LogP contribution in [0.2, 0.25) is 0 Å². The van der Waals surface area contributed by atoms with E-state index < -0.39 is 10.0 Å². The van der Waals surface area contributed by atoms with Crippen molar-refractivity contribution in [2.75, 3.05) is 6.54 Å². The van der Waals surface area contributed by atoms with Gasteiger partial charge in [0.1, 0.15) is 6.54 Å². The number of nitrogens with zero attached hydrogens (tertiary/aromatic N) is 2. The van der Waals surface area contributed by atoms with E-state index in [1.807, 2.05) is 36.4 Å². The van der Waals surface area contributed by atoms with Gasteiger partial charge in [0.2, 0.25) is 10.0 Å². The largest absolute Gasteiger partial charge is 0.244 e. The highest BCUT2D eigenvalue weighted by atomic mass is 32.2. The fraction of sp³-hybridized carbons (Fsp3) is 0.133. The van der Waals surface area contributed by atoms with E-state index in [2.05, 4.69) is 0 Å². The lowest BCUT2D eigenvalue weighted by atomic mass is 10.2. The van der Waals surface area contributed by atoms with E-state index >= 15 is 0 Å². The number of hydrogen-bond acceptors (Lipinski definition) is 3. The maximum absolute atomic E-state index is 12.5. The highest BCUT2D eigenvalue weighted by molar-refractivity contribution is 7.89. The average Bonchev–Trinajstić information content (AvgIpc) is 2.49. The Labute approximate surface area is 118 Å². The molecular weight excluding hydrogens is 272 g/mol. The minimum atomic E-state index is -3.65. The van der Waals surface area contributed by atoms with Gasteiger partial charge in [-0.1, -0.05) is 48.5 Å². The molecule has 0 bridgehead atoms. The van der Waals surface area contributed by atoms with Crippen molar-refractivity contribution in [3.05, 3.63) is 66.2 Å². The summed E-state index contributed by atoms with van der Waals surface area (Å²) < 4.78 is 26.2. The number of nitriles is 1. The fourth-order valence-electron chi connectivity index (χ4n) is 1.83. The zero-order valence-electron chi connectivity index (χ0n) is 10.8. The van der Waals surface area contributed by atoms with Crippen LogP contribution in [0, 0.1) is 11.3 Å². The quantitative estimate of drug-likeness (QED) is 0.793. The summed E-state index contributed by atoms with van der Waals surface area (Å²) in [6, 6.07) is 19.3. The van der Waals surface area contributed by atoms with E-state index in [-0.39, 0.29) is 18.0 Å². The molecular formula is C15H14N2O2S. The molecule has 0 aliphatic rings. The third kappa shape index (κ3) is 3.23. The highest BCUT2D eigenvalue weighted by Crippen LogP contribution is 2.17. The summed E-state index contributed by atoms with van der Waals surface area (Å²) in [6.45, 7) is 0.0117. The van der Waals surface area contributed by atoms with Crippen molar-refractivity contribution in [2.45, 2.75) is 11.4 Å². The number of hydrogen-bond donors (Lipinski definition) is 0. The van der Waals surface area contributed by atoms with Crippen LogP contribution in [0.5, 0.6) is 0 Å².